The van der Waals surface area contributed by atoms with Crippen molar-refractivity contribution in [3.8, 4) is 27.7 Å². The number of benzene rings is 2. The number of aromatic amines is 1. The molecule has 0 amide bonds. The summed E-state index contributed by atoms with van der Waals surface area (Å²) >= 11 is 7.33. The molecule has 7 nitrogen and oxygen atoms in total. The van der Waals surface area contributed by atoms with Gasteiger partial charge in [0, 0.05) is 10.6 Å². The molecule has 0 unspecified atom stereocenters. The van der Waals surface area contributed by atoms with Crippen molar-refractivity contribution < 1.29 is 4.74 Å². The molecule has 5 aromatic rings. The molecular formula is C19H13ClN6OS. The molecule has 5 rings (SSSR count). The van der Waals surface area contributed by atoms with Gasteiger partial charge in [0.15, 0.2) is 10.8 Å². The Morgan fingerprint density at radius 2 is 1.86 bits per heavy atom. The molecule has 0 saturated carbocycles. The summed E-state index contributed by atoms with van der Waals surface area (Å²) in [6, 6.07) is 19.1. The van der Waals surface area contributed by atoms with Crippen LogP contribution < -0.4 is 4.74 Å². The molecule has 0 saturated heterocycles. The molecule has 0 fully saturated rings. The second-order valence-corrected chi connectivity index (χ2v) is 7.39. The van der Waals surface area contributed by atoms with Crippen molar-refractivity contribution in [2.24, 2.45) is 0 Å². The fourth-order valence-electron chi connectivity index (χ4n) is 2.72. The smallest absolute Gasteiger partial charge is 0.235 e. The van der Waals surface area contributed by atoms with Crippen LogP contribution in [-0.2, 0) is 6.61 Å². The van der Waals surface area contributed by atoms with Crippen molar-refractivity contribution in [1.82, 2.24) is 30.0 Å². The van der Waals surface area contributed by atoms with Crippen molar-refractivity contribution in [3.05, 3.63) is 71.5 Å². The van der Waals surface area contributed by atoms with Gasteiger partial charge >= 0.3 is 0 Å². The molecule has 0 aliphatic rings. The normalized spacial score (nSPS) is 11.2. The number of nitrogens with one attached hydrogen (secondary N) is 1. The van der Waals surface area contributed by atoms with Crippen LogP contribution in [0.4, 0.5) is 0 Å². The zero-order valence-corrected chi connectivity index (χ0v) is 16.0. The second kappa shape index (κ2) is 7.06. The molecule has 3 aromatic heterocycles. The van der Waals surface area contributed by atoms with Gasteiger partial charge in [0.2, 0.25) is 4.96 Å². The van der Waals surface area contributed by atoms with Gasteiger partial charge in [-0.3, -0.25) is 5.10 Å². The predicted octanol–water partition coefficient (Wildman–Crippen LogP) is 4.48. The molecule has 3 heterocycles. The highest BCUT2D eigenvalue weighted by molar-refractivity contribution is 7.19. The number of H-pyrrole nitrogens is 1. The second-order valence-electron chi connectivity index (χ2n) is 5.99. The third kappa shape index (κ3) is 3.23. The fraction of sp³-hybridized carbons (Fsp3) is 0.0526. The number of rotatable bonds is 5. The Hall–Kier alpha value is -3.23. The zero-order valence-electron chi connectivity index (χ0n) is 14.4. The molecule has 138 valence electrons. The Morgan fingerprint density at radius 1 is 1.04 bits per heavy atom. The largest absolute Gasteiger partial charge is 0.486 e. The highest BCUT2D eigenvalue weighted by Crippen LogP contribution is 2.27. The van der Waals surface area contributed by atoms with E-state index in [9.17, 15) is 0 Å². The minimum atomic E-state index is 0.254. The summed E-state index contributed by atoms with van der Waals surface area (Å²) < 4.78 is 7.45. The summed E-state index contributed by atoms with van der Waals surface area (Å²) in [6.07, 6.45) is 0. The van der Waals surface area contributed by atoms with Gasteiger partial charge in [0.05, 0.1) is 11.4 Å². The van der Waals surface area contributed by atoms with Crippen molar-refractivity contribution in [1.29, 1.82) is 0 Å². The van der Waals surface area contributed by atoms with Crippen LogP contribution in [0.15, 0.2) is 60.7 Å². The predicted molar refractivity (Wildman–Crippen MR) is 107 cm³/mol. The Morgan fingerprint density at radius 3 is 2.68 bits per heavy atom. The first-order chi connectivity index (χ1) is 13.8. The average Bonchev–Trinajstić information content (AvgIpc) is 3.44. The first kappa shape index (κ1) is 16.9. The summed E-state index contributed by atoms with van der Waals surface area (Å²) in [5.74, 6) is 1.33. The third-order valence-corrected chi connectivity index (χ3v) is 5.30. The highest BCUT2D eigenvalue weighted by Gasteiger charge is 2.15. The van der Waals surface area contributed by atoms with Crippen LogP contribution in [0.25, 0.3) is 26.9 Å². The topological polar surface area (TPSA) is 81.0 Å². The summed E-state index contributed by atoms with van der Waals surface area (Å²) in [5.41, 5.74) is 2.75. The maximum Gasteiger partial charge on any atom is 0.235 e. The Bertz CT molecular complexity index is 1230. The quantitative estimate of drug-likeness (QED) is 0.464. The van der Waals surface area contributed by atoms with Gasteiger partial charge < -0.3 is 4.74 Å². The van der Waals surface area contributed by atoms with E-state index in [4.69, 9.17) is 16.3 Å². The van der Waals surface area contributed by atoms with E-state index in [-0.39, 0.29) is 6.61 Å². The molecule has 0 spiro atoms. The van der Waals surface area contributed by atoms with E-state index in [2.05, 4.69) is 25.5 Å². The summed E-state index contributed by atoms with van der Waals surface area (Å²) in [5, 5.41) is 21.8. The van der Waals surface area contributed by atoms with E-state index < -0.39 is 0 Å². The molecule has 1 N–H and O–H groups in total. The molecule has 2 aromatic carbocycles. The van der Waals surface area contributed by atoms with Crippen molar-refractivity contribution in [3.63, 3.8) is 0 Å². The van der Waals surface area contributed by atoms with Crippen molar-refractivity contribution in [2.75, 3.05) is 0 Å². The lowest BCUT2D eigenvalue weighted by atomic mass is 10.1. The number of aromatic nitrogens is 6. The lowest BCUT2D eigenvalue weighted by molar-refractivity contribution is 0.293. The van der Waals surface area contributed by atoms with Crippen LogP contribution in [0, 0.1) is 0 Å². The number of ether oxygens (including phenoxy) is 1. The monoisotopic (exact) mass is 408 g/mol. The maximum atomic E-state index is 5.89. The fourth-order valence-corrected chi connectivity index (χ4v) is 3.67. The molecule has 0 aliphatic heterocycles. The number of fused-ring (bicyclic) bond motifs is 1. The van der Waals surface area contributed by atoms with Gasteiger partial charge in [0.1, 0.15) is 12.4 Å². The first-order valence-electron chi connectivity index (χ1n) is 8.47. The van der Waals surface area contributed by atoms with E-state index in [1.54, 1.807) is 16.6 Å². The number of hydrogen-bond acceptors (Lipinski definition) is 6. The Balaban J connectivity index is 1.39. The number of hydrogen-bond donors (Lipinski definition) is 1. The molecule has 28 heavy (non-hydrogen) atoms. The Kier molecular flexibility index (Phi) is 4.27. The van der Waals surface area contributed by atoms with Gasteiger partial charge in [-0.1, -0.05) is 53.3 Å². The van der Waals surface area contributed by atoms with Gasteiger partial charge in [-0.2, -0.15) is 14.7 Å². The summed E-state index contributed by atoms with van der Waals surface area (Å²) in [7, 11) is 0. The van der Waals surface area contributed by atoms with Gasteiger partial charge in [0.25, 0.3) is 0 Å². The van der Waals surface area contributed by atoms with Gasteiger partial charge in [-0.15, -0.1) is 10.2 Å². The van der Waals surface area contributed by atoms with Crippen molar-refractivity contribution >= 4 is 27.9 Å². The van der Waals surface area contributed by atoms with Crippen LogP contribution in [-0.4, -0.2) is 30.0 Å². The molecule has 0 bridgehead atoms. The van der Waals surface area contributed by atoms with Crippen molar-refractivity contribution in [2.45, 2.75) is 6.61 Å². The lowest BCUT2D eigenvalue weighted by Crippen LogP contribution is -2.02. The summed E-state index contributed by atoms with van der Waals surface area (Å²) in [4.78, 5) is 0.695. The average molecular weight is 409 g/mol. The maximum absolute atomic E-state index is 5.89. The standard InChI is InChI=1S/C19H13ClN6OS/c20-13-6-8-14(9-7-13)27-11-17-23-24-19-26(17)25-18(28-19)16-10-15(21-22-16)12-4-2-1-3-5-12/h1-10H,11H2,(H,21,22). The molecule has 0 atom stereocenters. The molecule has 9 heteroatoms. The van der Waals surface area contributed by atoms with Gasteiger partial charge in [-0.25, -0.2) is 0 Å². The van der Waals surface area contributed by atoms with Gasteiger partial charge in [-0.05, 0) is 30.3 Å². The van der Waals surface area contributed by atoms with Crippen LogP contribution in [0.5, 0.6) is 5.75 Å². The first-order valence-corrected chi connectivity index (χ1v) is 9.66. The molecular weight excluding hydrogens is 396 g/mol. The Labute approximate surface area is 168 Å². The van der Waals surface area contributed by atoms with Crippen LogP contribution >= 0.6 is 22.9 Å². The number of halogens is 1. The van der Waals surface area contributed by atoms with E-state index in [0.717, 1.165) is 22.0 Å². The van der Waals surface area contributed by atoms with Crippen LogP contribution in [0.1, 0.15) is 5.82 Å². The van der Waals surface area contributed by atoms with E-state index in [0.29, 0.717) is 21.6 Å². The number of nitrogens with zero attached hydrogens (tertiary/aromatic N) is 5. The summed E-state index contributed by atoms with van der Waals surface area (Å²) in [6.45, 7) is 0.254. The SMILES string of the molecule is Clc1ccc(OCc2nnc3sc(-c4cc(-c5ccccc5)n[nH]4)nn23)cc1. The zero-order chi connectivity index (χ0) is 18.9. The minimum Gasteiger partial charge on any atom is -0.486 e. The third-order valence-electron chi connectivity index (χ3n) is 4.11. The minimum absolute atomic E-state index is 0.254. The molecule has 0 aliphatic carbocycles. The van der Waals surface area contributed by atoms with Crippen LogP contribution in [0.2, 0.25) is 5.02 Å². The van der Waals surface area contributed by atoms with E-state index in [1.807, 2.05) is 48.5 Å². The van der Waals surface area contributed by atoms with E-state index >= 15 is 0 Å². The molecule has 0 radical (unpaired) electrons. The van der Waals surface area contributed by atoms with Crippen LogP contribution in [0.3, 0.4) is 0 Å². The lowest BCUT2D eigenvalue weighted by Gasteiger charge is -2.03. The van der Waals surface area contributed by atoms with E-state index in [1.165, 1.54) is 11.3 Å². The highest BCUT2D eigenvalue weighted by atomic mass is 35.5.